The third-order valence-corrected chi connectivity index (χ3v) is 9.47. The van der Waals surface area contributed by atoms with Crippen molar-refractivity contribution in [3.63, 3.8) is 0 Å². The predicted molar refractivity (Wildman–Crippen MR) is 150 cm³/mol. The van der Waals surface area contributed by atoms with Crippen LogP contribution in [0.15, 0.2) is 53.7 Å². The second-order valence-electron chi connectivity index (χ2n) is 10.2. The van der Waals surface area contributed by atoms with E-state index >= 15 is 0 Å². The summed E-state index contributed by atoms with van der Waals surface area (Å²) in [6, 6.07) is 9.61. The number of amides is 1. The van der Waals surface area contributed by atoms with E-state index in [1.165, 1.54) is 12.1 Å². The van der Waals surface area contributed by atoms with E-state index in [0.717, 1.165) is 49.7 Å². The van der Waals surface area contributed by atoms with Crippen LogP contribution in [-0.2, 0) is 10.0 Å². The number of aromatic nitrogens is 3. The smallest absolute Gasteiger partial charge is 0.405 e. The number of anilines is 2. The van der Waals surface area contributed by atoms with Gasteiger partial charge in [-0.3, -0.25) is 4.72 Å². The first-order chi connectivity index (χ1) is 18.6. The molecule has 3 aliphatic rings. The van der Waals surface area contributed by atoms with Crippen LogP contribution in [0.25, 0.3) is 12.2 Å². The lowest BCUT2D eigenvalue weighted by Gasteiger charge is -2.53. The number of aryl methyl sites for hydroxylation is 1. The summed E-state index contributed by atoms with van der Waals surface area (Å²) in [6.07, 6.45) is 11.3. The summed E-state index contributed by atoms with van der Waals surface area (Å²) in [5.41, 5.74) is 1.87. The Bertz CT molecular complexity index is 1500. The fourth-order valence-electron chi connectivity index (χ4n) is 5.36. The van der Waals surface area contributed by atoms with Gasteiger partial charge in [0.2, 0.25) is 5.95 Å². The average molecular weight is 569 g/mol. The van der Waals surface area contributed by atoms with Crippen LogP contribution in [0.5, 0.6) is 0 Å². The number of hydrogen-bond donors (Lipinski definition) is 4. The van der Waals surface area contributed by atoms with Crippen LogP contribution in [0, 0.1) is 6.92 Å². The number of carbonyl (C=O) groups is 1. The summed E-state index contributed by atoms with van der Waals surface area (Å²) < 4.78 is 27.8. The van der Waals surface area contributed by atoms with Crippen LogP contribution in [0.4, 0.5) is 16.6 Å². The molecular weight excluding hydrogens is 540 g/mol. The van der Waals surface area contributed by atoms with Gasteiger partial charge < -0.3 is 15.7 Å². The van der Waals surface area contributed by atoms with Crippen LogP contribution in [-0.4, -0.2) is 45.6 Å². The van der Waals surface area contributed by atoms with Gasteiger partial charge in [0.05, 0.1) is 5.02 Å². The lowest BCUT2D eigenvalue weighted by atomic mass is 9.61. The van der Waals surface area contributed by atoms with Crippen LogP contribution in [0.2, 0.25) is 5.02 Å². The van der Waals surface area contributed by atoms with E-state index in [1.54, 1.807) is 43.6 Å². The van der Waals surface area contributed by atoms with Crippen molar-refractivity contribution in [3.05, 3.63) is 70.6 Å². The summed E-state index contributed by atoms with van der Waals surface area (Å²) in [6.45, 7) is 1.80. The maximum Gasteiger partial charge on any atom is 0.405 e. The zero-order chi connectivity index (χ0) is 27.7. The fraction of sp³-hybridized carbons (Fsp3) is 0.333. The number of rotatable bonds is 8. The van der Waals surface area contributed by atoms with Gasteiger partial charge >= 0.3 is 6.09 Å². The normalized spacial score (nSPS) is 22.5. The number of carboxylic acid groups (broad SMARTS) is 1. The largest absolute Gasteiger partial charge is 0.465 e. The molecule has 2 heterocycles. The lowest BCUT2D eigenvalue weighted by molar-refractivity contribution is 0.0886. The molecule has 1 amide bonds. The van der Waals surface area contributed by atoms with Gasteiger partial charge in [0.15, 0.2) is 0 Å². The number of pyridine rings is 1. The molecule has 12 heteroatoms. The number of benzene rings is 1. The van der Waals surface area contributed by atoms with E-state index in [2.05, 4.69) is 30.3 Å². The average Bonchev–Trinajstić information content (AvgIpc) is 2.90. The molecule has 10 nitrogen and oxygen atoms in total. The highest BCUT2D eigenvalue weighted by Crippen LogP contribution is 2.48. The van der Waals surface area contributed by atoms with Crippen LogP contribution in [0.3, 0.4) is 0 Å². The van der Waals surface area contributed by atoms with Gasteiger partial charge in [0.25, 0.3) is 10.0 Å². The number of hydrogen-bond acceptors (Lipinski definition) is 7. The molecule has 0 spiro atoms. The SMILES string of the molecule is Cc1nc(NS(=O)(=O)c2ccccc2Cl)ccc1/C=C/c1cnc(NC23CCC(NC(=O)O)(CC2)CC3)nc1. The molecule has 1 aromatic carbocycles. The third-order valence-electron chi connectivity index (χ3n) is 7.61. The molecule has 0 aliphatic heterocycles. The highest BCUT2D eigenvalue weighted by Gasteiger charge is 2.49. The quantitative estimate of drug-likeness (QED) is 0.285. The van der Waals surface area contributed by atoms with Gasteiger partial charge in [0, 0.05) is 34.7 Å². The van der Waals surface area contributed by atoms with Gasteiger partial charge in [-0.25, -0.2) is 28.2 Å². The fourth-order valence-corrected chi connectivity index (χ4v) is 6.88. The van der Waals surface area contributed by atoms with Crippen LogP contribution < -0.4 is 15.4 Å². The summed E-state index contributed by atoms with van der Waals surface area (Å²) in [5, 5.41) is 15.5. The zero-order valence-corrected chi connectivity index (χ0v) is 22.9. The number of fused-ring (bicyclic) bond motifs is 3. The van der Waals surface area contributed by atoms with Gasteiger partial charge in [0.1, 0.15) is 10.7 Å². The molecule has 204 valence electrons. The van der Waals surface area contributed by atoms with Crippen molar-refractivity contribution in [2.75, 3.05) is 10.0 Å². The van der Waals surface area contributed by atoms with E-state index < -0.39 is 16.1 Å². The first kappa shape index (κ1) is 26.9. The Kier molecular flexibility index (Phi) is 7.21. The molecule has 6 rings (SSSR count). The Morgan fingerprint density at radius 2 is 1.62 bits per heavy atom. The monoisotopic (exact) mass is 568 g/mol. The molecule has 3 saturated carbocycles. The zero-order valence-electron chi connectivity index (χ0n) is 21.3. The molecule has 2 bridgehead atoms. The van der Waals surface area contributed by atoms with E-state index in [-0.39, 0.29) is 26.8 Å². The van der Waals surface area contributed by atoms with E-state index in [1.807, 2.05) is 12.2 Å². The van der Waals surface area contributed by atoms with Crippen LogP contribution >= 0.6 is 11.6 Å². The minimum atomic E-state index is -3.87. The third kappa shape index (κ3) is 5.99. The van der Waals surface area contributed by atoms with Crippen molar-refractivity contribution < 1.29 is 18.3 Å². The van der Waals surface area contributed by atoms with E-state index in [9.17, 15) is 13.2 Å². The maximum absolute atomic E-state index is 12.7. The number of sulfonamides is 1. The molecule has 3 aromatic rings. The molecule has 0 atom stereocenters. The molecule has 0 unspecified atom stereocenters. The second kappa shape index (κ2) is 10.5. The van der Waals surface area contributed by atoms with Gasteiger partial charge in [-0.1, -0.05) is 35.9 Å². The summed E-state index contributed by atoms with van der Waals surface area (Å²) >= 11 is 6.04. The Morgan fingerprint density at radius 3 is 2.23 bits per heavy atom. The van der Waals surface area contributed by atoms with Crippen molar-refractivity contribution >= 4 is 51.6 Å². The summed E-state index contributed by atoms with van der Waals surface area (Å²) in [5.74, 6) is 0.755. The van der Waals surface area contributed by atoms with Crippen molar-refractivity contribution in [1.29, 1.82) is 0 Å². The number of halogens is 1. The number of nitrogens with zero attached hydrogens (tertiary/aromatic N) is 3. The Balaban J connectivity index is 1.21. The maximum atomic E-state index is 12.7. The second-order valence-corrected chi connectivity index (χ2v) is 12.3. The molecular formula is C27H29ClN6O4S. The molecule has 3 fully saturated rings. The Labute approximate surface area is 232 Å². The van der Waals surface area contributed by atoms with Crippen molar-refractivity contribution in [3.8, 4) is 0 Å². The topological polar surface area (TPSA) is 146 Å². The van der Waals surface area contributed by atoms with Crippen molar-refractivity contribution in [2.45, 2.75) is 61.4 Å². The Morgan fingerprint density at radius 1 is 0.974 bits per heavy atom. The van der Waals surface area contributed by atoms with Crippen molar-refractivity contribution in [2.24, 2.45) is 0 Å². The van der Waals surface area contributed by atoms with E-state index in [0.29, 0.717) is 11.6 Å². The minimum Gasteiger partial charge on any atom is -0.465 e. The first-order valence-electron chi connectivity index (χ1n) is 12.6. The summed E-state index contributed by atoms with van der Waals surface area (Å²) in [4.78, 5) is 24.5. The van der Waals surface area contributed by atoms with Crippen LogP contribution in [0.1, 0.15) is 55.3 Å². The molecule has 0 radical (unpaired) electrons. The van der Waals surface area contributed by atoms with Gasteiger partial charge in [-0.2, -0.15) is 0 Å². The highest BCUT2D eigenvalue weighted by atomic mass is 35.5. The van der Waals surface area contributed by atoms with Gasteiger partial charge in [-0.15, -0.1) is 0 Å². The Hall–Kier alpha value is -3.70. The molecule has 0 saturated heterocycles. The number of nitrogens with one attached hydrogen (secondary N) is 3. The molecule has 2 aromatic heterocycles. The van der Waals surface area contributed by atoms with Gasteiger partial charge in [-0.05, 0) is 75.3 Å². The molecule has 39 heavy (non-hydrogen) atoms. The van der Waals surface area contributed by atoms with Crippen molar-refractivity contribution in [1.82, 2.24) is 20.3 Å². The van der Waals surface area contributed by atoms with E-state index in [4.69, 9.17) is 16.7 Å². The standard InChI is InChI=1S/C27H29ClN6O4S/c1-18-20(8-9-23(31-18)34-39(37,38)22-5-3-2-4-21(22)28)7-6-19-16-29-24(30-17-19)32-26-10-13-27(14-11-26,15-12-26)33-25(35)36/h2-9,16-17,33H,10-15H2,1H3,(H,31,34)(H,35,36)(H,29,30,32)/b7-6+. The first-order valence-corrected chi connectivity index (χ1v) is 14.5. The lowest BCUT2D eigenvalue weighted by Crippen LogP contribution is -2.60. The minimum absolute atomic E-state index is 0.0112. The molecule has 4 N–H and O–H groups in total. The summed E-state index contributed by atoms with van der Waals surface area (Å²) in [7, 11) is -3.87. The highest BCUT2D eigenvalue weighted by molar-refractivity contribution is 7.92. The molecule has 3 aliphatic carbocycles. The predicted octanol–water partition coefficient (Wildman–Crippen LogP) is 5.33.